The highest BCUT2D eigenvalue weighted by Crippen LogP contribution is 2.34. The molecule has 0 amide bonds. The largest absolute Gasteiger partial charge is 0.502 e. The lowest BCUT2D eigenvalue weighted by atomic mass is 10.1. The van der Waals surface area contributed by atoms with Gasteiger partial charge >= 0.3 is 0 Å². The minimum Gasteiger partial charge on any atom is -0.502 e. The second kappa shape index (κ2) is 4.55. The van der Waals surface area contributed by atoms with E-state index in [9.17, 15) is 9.90 Å². The summed E-state index contributed by atoms with van der Waals surface area (Å²) in [5.74, 6) is -0.193. The summed E-state index contributed by atoms with van der Waals surface area (Å²) in [7, 11) is 0. The first-order valence-electron chi connectivity index (χ1n) is 5.68. The van der Waals surface area contributed by atoms with E-state index in [0.717, 1.165) is 4.47 Å². The summed E-state index contributed by atoms with van der Waals surface area (Å²) in [6.45, 7) is 0. The van der Waals surface area contributed by atoms with Gasteiger partial charge in [-0.15, -0.1) is 0 Å². The van der Waals surface area contributed by atoms with Gasteiger partial charge in [-0.25, -0.2) is 0 Å². The van der Waals surface area contributed by atoms with Crippen LogP contribution in [0, 0.1) is 0 Å². The van der Waals surface area contributed by atoms with Crippen LogP contribution in [0.25, 0.3) is 22.3 Å². The summed E-state index contributed by atoms with van der Waals surface area (Å²) in [5, 5.41) is 10.4. The van der Waals surface area contributed by atoms with Crippen molar-refractivity contribution in [2.45, 2.75) is 0 Å². The quantitative estimate of drug-likeness (QED) is 0.740. The van der Waals surface area contributed by atoms with Crippen LogP contribution in [0.4, 0.5) is 0 Å². The van der Waals surface area contributed by atoms with Crippen LogP contribution in [0.2, 0.25) is 0 Å². The van der Waals surface area contributed by atoms with Crippen LogP contribution in [0.15, 0.2) is 62.2 Å². The van der Waals surface area contributed by atoms with E-state index in [0.29, 0.717) is 16.5 Å². The van der Waals surface area contributed by atoms with E-state index in [1.807, 2.05) is 18.2 Å². The van der Waals surface area contributed by atoms with E-state index in [-0.39, 0.29) is 11.5 Å². The molecular formula is C15H9BrO3. The van der Waals surface area contributed by atoms with Gasteiger partial charge in [0.2, 0.25) is 11.2 Å². The Morgan fingerprint density at radius 3 is 2.47 bits per heavy atom. The molecule has 3 aromatic rings. The third-order valence-corrected chi connectivity index (χ3v) is 3.58. The van der Waals surface area contributed by atoms with Crippen molar-refractivity contribution in [3.8, 4) is 17.1 Å². The van der Waals surface area contributed by atoms with Crippen LogP contribution in [0.5, 0.6) is 5.75 Å². The lowest BCUT2D eigenvalue weighted by Crippen LogP contribution is -2.02. The van der Waals surface area contributed by atoms with E-state index in [4.69, 9.17) is 4.42 Å². The first kappa shape index (κ1) is 12.0. The Morgan fingerprint density at radius 1 is 1.00 bits per heavy atom. The SMILES string of the molecule is O=c1c(O)c(-c2ccccc2Br)oc2ccccc12. The summed E-state index contributed by atoms with van der Waals surface area (Å²) < 4.78 is 6.41. The summed E-state index contributed by atoms with van der Waals surface area (Å²) in [6.07, 6.45) is 0. The van der Waals surface area contributed by atoms with Gasteiger partial charge in [-0.3, -0.25) is 4.79 Å². The Morgan fingerprint density at radius 2 is 1.68 bits per heavy atom. The van der Waals surface area contributed by atoms with Crippen LogP contribution in [-0.4, -0.2) is 5.11 Å². The number of hydrogen-bond donors (Lipinski definition) is 1. The van der Waals surface area contributed by atoms with E-state index >= 15 is 0 Å². The second-order valence-electron chi connectivity index (χ2n) is 4.08. The maximum absolute atomic E-state index is 12.1. The minimum atomic E-state index is -0.424. The molecule has 0 fully saturated rings. The van der Waals surface area contributed by atoms with Gasteiger partial charge in [0.25, 0.3) is 0 Å². The van der Waals surface area contributed by atoms with Gasteiger partial charge in [0.05, 0.1) is 5.39 Å². The third kappa shape index (κ3) is 1.94. The molecule has 0 atom stereocenters. The monoisotopic (exact) mass is 316 g/mol. The predicted octanol–water partition coefficient (Wildman–Crippen LogP) is 3.93. The zero-order valence-corrected chi connectivity index (χ0v) is 11.3. The molecule has 0 aliphatic carbocycles. The molecule has 3 nitrogen and oxygen atoms in total. The molecule has 0 spiro atoms. The lowest BCUT2D eigenvalue weighted by molar-refractivity contribution is 0.449. The Balaban J connectivity index is 2.40. The molecule has 2 aromatic carbocycles. The number of halogens is 1. The smallest absolute Gasteiger partial charge is 0.235 e. The maximum atomic E-state index is 12.1. The summed E-state index contributed by atoms with van der Waals surface area (Å²) in [6, 6.07) is 14.1. The molecule has 0 radical (unpaired) electrons. The molecule has 4 heteroatoms. The van der Waals surface area contributed by atoms with Crippen molar-refractivity contribution in [2.75, 3.05) is 0 Å². The molecule has 0 aliphatic rings. The summed E-state index contributed by atoms with van der Waals surface area (Å²) in [4.78, 5) is 12.1. The van der Waals surface area contributed by atoms with E-state index in [1.165, 1.54) is 0 Å². The summed E-state index contributed by atoms with van der Waals surface area (Å²) in [5.41, 5.74) is 0.673. The molecule has 1 aromatic heterocycles. The van der Waals surface area contributed by atoms with Gasteiger partial charge in [-0.2, -0.15) is 0 Å². The van der Waals surface area contributed by atoms with Crippen LogP contribution in [0.1, 0.15) is 0 Å². The molecule has 3 rings (SSSR count). The Bertz CT molecular complexity index is 821. The standard InChI is InChI=1S/C15H9BrO3/c16-11-7-3-1-5-9(11)15-14(18)13(17)10-6-2-4-8-12(10)19-15/h1-8,18H. The average molecular weight is 317 g/mol. The number of benzene rings is 2. The highest BCUT2D eigenvalue weighted by Gasteiger charge is 2.16. The maximum Gasteiger partial charge on any atom is 0.235 e. The van der Waals surface area contributed by atoms with Crippen molar-refractivity contribution in [1.29, 1.82) is 0 Å². The van der Waals surface area contributed by atoms with Crippen molar-refractivity contribution >= 4 is 26.9 Å². The number of fused-ring (bicyclic) bond motifs is 1. The second-order valence-corrected chi connectivity index (χ2v) is 4.94. The molecular weight excluding hydrogens is 308 g/mol. The first-order chi connectivity index (χ1) is 9.18. The minimum absolute atomic E-state index is 0.177. The first-order valence-corrected chi connectivity index (χ1v) is 6.47. The number of aromatic hydroxyl groups is 1. The summed E-state index contributed by atoms with van der Waals surface area (Å²) >= 11 is 3.38. The zero-order chi connectivity index (χ0) is 13.4. The normalized spacial score (nSPS) is 10.8. The fraction of sp³-hybridized carbons (Fsp3) is 0. The number of rotatable bonds is 1. The molecule has 0 saturated carbocycles. The van der Waals surface area contributed by atoms with E-state index in [1.54, 1.807) is 30.3 Å². The molecule has 19 heavy (non-hydrogen) atoms. The van der Waals surface area contributed by atoms with E-state index in [2.05, 4.69) is 15.9 Å². The van der Waals surface area contributed by atoms with Gasteiger partial charge in [-0.05, 0) is 24.3 Å². The average Bonchev–Trinajstić information content (AvgIpc) is 2.44. The Kier molecular flexibility index (Phi) is 2.87. The van der Waals surface area contributed by atoms with Gasteiger partial charge < -0.3 is 9.52 Å². The number of hydrogen-bond acceptors (Lipinski definition) is 3. The van der Waals surface area contributed by atoms with Gasteiger partial charge in [0.15, 0.2) is 5.76 Å². The molecule has 94 valence electrons. The molecule has 0 saturated heterocycles. The molecule has 0 bridgehead atoms. The predicted molar refractivity (Wildman–Crippen MR) is 77.3 cm³/mol. The third-order valence-electron chi connectivity index (χ3n) is 2.89. The van der Waals surface area contributed by atoms with Crippen molar-refractivity contribution in [1.82, 2.24) is 0 Å². The van der Waals surface area contributed by atoms with Crippen LogP contribution in [-0.2, 0) is 0 Å². The number of para-hydroxylation sites is 1. The van der Waals surface area contributed by atoms with Crippen LogP contribution < -0.4 is 5.43 Å². The van der Waals surface area contributed by atoms with Crippen LogP contribution in [0.3, 0.4) is 0 Å². The fourth-order valence-corrected chi connectivity index (χ4v) is 2.42. The van der Waals surface area contributed by atoms with Crippen molar-refractivity contribution in [3.05, 3.63) is 63.2 Å². The molecule has 0 aliphatic heterocycles. The fourth-order valence-electron chi connectivity index (χ4n) is 1.96. The molecule has 1 heterocycles. The van der Waals surface area contributed by atoms with Crippen LogP contribution >= 0.6 is 15.9 Å². The van der Waals surface area contributed by atoms with Crippen molar-refractivity contribution < 1.29 is 9.52 Å². The zero-order valence-electron chi connectivity index (χ0n) is 9.76. The van der Waals surface area contributed by atoms with E-state index < -0.39 is 5.43 Å². The molecule has 0 unspecified atom stereocenters. The van der Waals surface area contributed by atoms with Gasteiger partial charge in [0, 0.05) is 10.0 Å². The lowest BCUT2D eigenvalue weighted by Gasteiger charge is -2.07. The highest BCUT2D eigenvalue weighted by molar-refractivity contribution is 9.10. The Hall–Kier alpha value is -2.07. The van der Waals surface area contributed by atoms with Gasteiger partial charge in [-0.1, -0.05) is 40.2 Å². The molecule has 1 N–H and O–H groups in total. The highest BCUT2D eigenvalue weighted by atomic mass is 79.9. The van der Waals surface area contributed by atoms with Crippen molar-refractivity contribution in [3.63, 3.8) is 0 Å². The Labute approximate surface area is 117 Å². The van der Waals surface area contributed by atoms with Gasteiger partial charge in [0.1, 0.15) is 5.58 Å². The topological polar surface area (TPSA) is 50.4 Å². The van der Waals surface area contributed by atoms with Crippen molar-refractivity contribution in [2.24, 2.45) is 0 Å².